The van der Waals surface area contributed by atoms with Gasteiger partial charge in [-0.25, -0.2) is 18.1 Å². The smallest absolute Gasteiger partial charge is 0.244 e. The molecule has 1 aliphatic carbocycles. The predicted molar refractivity (Wildman–Crippen MR) is 81.7 cm³/mol. The van der Waals surface area contributed by atoms with E-state index in [9.17, 15) is 8.42 Å². The Morgan fingerprint density at radius 3 is 3.10 bits per heavy atom. The molecule has 2 aromatic rings. The van der Waals surface area contributed by atoms with Crippen LogP contribution in [0, 0.1) is 0 Å². The maximum atomic E-state index is 12.5. The van der Waals surface area contributed by atoms with Gasteiger partial charge in [-0.05, 0) is 40.9 Å². The van der Waals surface area contributed by atoms with Crippen molar-refractivity contribution in [3.05, 3.63) is 45.5 Å². The molecule has 0 fully saturated rings. The Balaban J connectivity index is 1.93. The minimum absolute atomic E-state index is 0.0332. The molecule has 0 saturated carbocycles. The van der Waals surface area contributed by atoms with Gasteiger partial charge in [-0.1, -0.05) is 11.6 Å². The van der Waals surface area contributed by atoms with Gasteiger partial charge in [-0.15, -0.1) is 0 Å². The Hall–Kier alpha value is -0.890. The van der Waals surface area contributed by atoms with Crippen molar-refractivity contribution >= 4 is 37.6 Å². The van der Waals surface area contributed by atoms with Gasteiger partial charge in [0.25, 0.3) is 0 Å². The van der Waals surface area contributed by atoms with Gasteiger partial charge in [0.15, 0.2) is 0 Å². The molecule has 1 aliphatic rings. The average Bonchev–Trinajstić information content (AvgIpc) is 2.90. The zero-order valence-corrected chi connectivity index (χ0v) is 14.0. The molecule has 0 aromatic carbocycles. The number of sulfonamides is 1. The Bertz CT molecular complexity index is 775. The molecular formula is C13H12BrClN2O3S. The Labute approximate surface area is 135 Å². The number of aromatic nitrogens is 1. The molecule has 1 N–H and O–H groups in total. The fourth-order valence-electron chi connectivity index (χ4n) is 2.45. The van der Waals surface area contributed by atoms with Gasteiger partial charge in [0.2, 0.25) is 10.0 Å². The van der Waals surface area contributed by atoms with Gasteiger partial charge < -0.3 is 4.42 Å². The first-order valence-corrected chi connectivity index (χ1v) is 9.02. The maximum absolute atomic E-state index is 12.5. The summed E-state index contributed by atoms with van der Waals surface area (Å²) in [5, 5.41) is -0.0473. The summed E-state index contributed by atoms with van der Waals surface area (Å²) in [5.41, 5.74) is 0.893. The Morgan fingerprint density at radius 1 is 1.48 bits per heavy atom. The van der Waals surface area contributed by atoms with Crippen molar-refractivity contribution < 1.29 is 12.8 Å². The fraction of sp³-hybridized carbons (Fsp3) is 0.308. The van der Waals surface area contributed by atoms with E-state index in [2.05, 4.69) is 25.6 Å². The number of hydrogen-bond donors (Lipinski definition) is 1. The molecule has 3 rings (SSSR count). The summed E-state index contributed by atoms with van der Waals surface area (Å²) in [4.78, 5) is 3.82. The molecule has 0 radical (unpaired) electrons. The highest BCUT2D eigenvalue weighted by Crippen LogP contribution is 2.32. The third-order valence-electron chi connectivity index (χ3n) is 3.41. The lowest BCUT2D eigenvalue weighted by Crippen LogP contribution is -2.30. The summed E-state index contributed by atoms with van der Waals surface area (Å²) in [6.45, 7) is 0. The number of nitrogens with one attached hydrogen (secondary N) is 1. The van der Waals surface area contributed by atoms with E-state index in [1.165, 1.54) is 12.3 Å². The monoisotopic (exact) mass is 390 g/mol. The summed E-state index contributed by atoms with van der Waals surface area (Å²) in [6, 6.07) is 2.95. The van der Waals surface area contributed by atoms with Crippen molar-refractivity contribution in [2.24, 2.45) is 0 Å². The number of pyridine rings is 1. The third-order valence-corrected chi connectivity index (χ3v) is 5.74. The molecule has 1 atom stereocenters. The van der Waals surface area contributed by atoms with E-state index in [-0.39, 0.29) is 16.1 Å². The molecule has 0 amide bonds. The lowest BCUT2D eigenvalue weighted by Gasteiger charge is -2.22. The first-order valence-electron chi connectivity index (χ1n) is 6.37. The van der Waals surface area contributed by atoms with Gasteiger partial charge in [-0.2, -0.15) is 0 Å². The molecule has 5 nitrogen and oxygen atoms in total. The highest BCUT2D eigenvalue weighted by atomic mass is 79.9. The number of halogens is 2. The average molecular weight is 392 g/mol. The van der Waals surface area contributed by atoms with Gasteiger partial charge in [0.05, 0.1) is 12.3 Å². The summed E-state index contributed by atoms with van der Waals surface area (Å²) in [7, 11) is -3.75. The molecule has 1 unspecified atom stereocenters. The molecule has 0 spiro atoms. The highest BCUT2D eigenvalue weighted by molar-refractivity contribution is 9.10. The second-order valence-corrected chi connectivity index (χ2v) is 7.76. The van der Waals surface area contributed by atoms with Crippen LogP contribution in [-0.2, 0) is 16.4 Å². The molecule has 2 aromatic heterocycles. The molecule has 0 saturated heterocycles. The SMILES string of the molecule is O=S(=O)(NC1CCCc2occc21)c1cc(Br)cnc1Cl. The summed E-state index contributed by atoms with van der Waals surface area (Å²) >= 11 is 9.11. The largest absolute Gasteiger partial charge is 0.469 e. The third kappa shape index (κ3) is 3.01. The summed E-state index contributed by atoms with van der Waals surface area (Å²) in [6.07, 6.45) is 5.48. The minimum atomic E-state index is -3.75. The van der Waals surface area contributed by atoms with Crippen molar-refractivity contribution in [3.63, 3.8) is 0 Å². The van der Waals surface area contributed by atoms with Crippen molar-refractivity contribution in [1.29, 1.82) is 0 Å². The van der Waals surface area contributed by atoms with Crippen LogP contribution in [0.15, 0.2) is 38.4 Å². The molecule has 112 valence electrons. The first kappa shape index (κ1) is 15.0. The maximum Gasteiger partial charge on any atom is 0.244 e. The van der Waals surface area contributed by atoms with Crippen LogP contribution in [0.2, 0.25) is 5.15 Å². The number of furan rings is 1. The number of hydrogen-bond acceptors (Lipinski definition) is 4. The van der Waals surface area contributed by atoms with Gasteiger partial charge in [0, 0.05) is 22.7 Å². The van der Waals surface area contributed by atoms with E-state index < -0.39 is 10.0 Å². The standard InChI is InChI=1S/C13H12BrClN2O3S/c14-8-6-12(13(15)16-7-8)21(18,19)17-10-2-1-3-11-9(10)4-5-20-11/h4-7,10,17H,1-3H2. The molecule has 0 aliphatic heterocycles. The van der Waals surface area contributed by atoms with Crippen LogP contribution in [0.4, 0.5) is 0 Å². The quantitative estimate of drug-likeness (QED) is 0.814. The molecule has 2 heterocycles. The Kier molecular flexibility index (Phi) is 4.09. The van der Waals surface area contributed by atoms with E-state index in [0.717, 1.165) is 30.6 Å². The van der Waals surface area contributed by atoms with Crippen molar-refractivity contribution in [1.82, 2.24) is 9.71 Å². The normalized spacial score (nSPS) is 18.5. The number of rotatable bonds is 3. The number of fused-ring (bicyclic) bond motifs is 1. The highest BCUT2D eigenvalue weighted by Gasteiger charge is 2.29. The number of aryl methyl sites for hydroxylation is 1. The summed E-state index contributed by atoms with van der Waals surface area (Å²) < 4.78 is 33.6. The van der Waals surface area contributed by atoms with E-state index >= 15 is 0 Å². The van der Waals surface area contributed by atoms with E-state index in [1.54, 1.807) is 6.26 Å². The lowest BCUT2D eigenvalue weighted by atomic mass is 9.94. The second kappa shape index (κ2) is 5.72. The topological polar surface area (TPSA) is 72.2 Å². The van der Waals surface area contributed by atoms with Crippen LogP contribution in [-0.4, -0.2) is 13.4 Å². The Morgan fingerprint density at radius 2 is 2.29 bits per heavy atom. The van der Waals surface area contributed by atoms with Gasteiger partial charge in [0.1, 0.15) is 15.8 Å². The minimum Gasteiger partial charge on any atom is -0.469 e. The lowest BCUT2D eigenvalue weighted by molar-refractivity contribution is 0.438. The van der Waals surface area contributed by atoms with Gasteiger partial charge >= 0.3 is 0 Å². The number of nitrogens with zero attached hydrogens (tertiary/aromatic N) is 1. The van der Waals surface area contributed by atoms with Crippen LogP contribution >= 0.6 is 27.5 Å². The van der Waals surface area contributed by atoms with Crippen LogP contribution < -0.4 is 4.72 Å². The van der Waals surface area contributed by atoms with Crippen LogP contribution in [0.25, 0.3) is 0 Å². The van der Waals surface area contributed by atoms with Crippen molar-refractivity contribution in [3.8, 4) is 0 Å². The van der Waals surface area contributed by atoms with Crippen LogP contribution in [0.3, 0.4) is 0 Å². The van der Waals surface area contributed by atoms with Gasteiger partial charge in [-0.3, -0.25) is 0 Å². The molecule has 0 bridgehead atoms. The zero-order chi connectivity index (χ0) is 15.0. The first-order chi connectivity index (χ1) is 9.97. The zero-order valence-electron chi connectivity index (χ0n) is 10.8. The summed E-state index contributed by atoms with van der Waals surface area (Å²) in [5.74, 6) is 0.840. The van der Waals surface area contributed by atoms with E-state index in [4.69, 9.17) is 16.0 Å². The fourth-order valence-corrected chi connectivity index (χ4v) is 4.65. The second-order valence-electron chi connectivity index (χ2n) is 4.81. The molecule has 21 heavy (non-hydrogen) atoms. The van der Waals surface area contributed by atoms with Crippen molar-refractivity contribution in [2.75, 3.05) is 0 Å². The predicted octanol–water partition coefficient (Wildman–Crippen LogP) is 3.45. The van der Waals surface area contributed by atoms with Crippen molar-refractivity contribution in [2.45, 2.75) is 30.2 Å². The molecular weight excluding hydrogens is 380 g/mol. The van der Waals surface area contributed by atoms with Crippen LogP contribution in [0.1, 0.15) is 30.2 Å². The molecule has 8 heteroatoms. The van der Waals surface area contributed by atoms with E-state index in [1.807, 2.05) is 6.07 Å². The van der Waals surface area contributed by atoms with Crippen LogP contribution in [0.5, 0.6) is 0 Å². The van der Waals surface area contributed by atoms with E-state index in [0.29, 0.717) is 4.47 Å².